The Morgan fingerprint density at radius 3 is 2.67 bits per heavy atom. The van der Waals surface area contributed by atoms with Gasteiger partial charge in [0.25, 0.3) is 0 Å². The minimum Gasteiger partial charge on any atom is -0.344 e. The van der Waals surface area contributed by atoms with Crippen LogP contribution in [0.4, 0.5) is 0 Å². The lowest BCUT2D eigenvalue weighted by atomic mass is 10.2. The smallest absolute Gasteiger partial charge is 0.245 e. The number of aryl methyl sites for hydroxylation is 1. The lowest BCUT2D eigenvalue weighted by molar-refractivity contribution is -0.710. The predicted molar refractivity (Wildman–Crippen MR) is 93.8 cm³/mol. The number of hydrogen-bond acceptors (Lipinski definition) is 3. The first-order valence-electron chi connectivity index (χ1n) is 8.81. The van der Waals surface area contributed by atoms with Gasteiger partial charge in [0, 0.05) is 31.9 Å². The van der Waals surface area contributed by atoms with Gasteiger partial charge in [0.05, 0.1) is 5.52 Å². The van der Waals surface area contributed by atoms with Crippen LogP contribution in [0.1, 0.15) is 45.6 Å². The summed E-state index contributed by atoms with van der Waals surface area (Å²) in [4.78, 5) is 4.74. The fourth-order valence-corrected chi connectivity index (χ4v) is 2.96. The summed E-state index contributed by atoms with van der Waals surface area (Å²) in [7, 11) is 0. The largest absolute Gasteiger partial charge is 0.344 e. The Balaban J connectivity index is 2.16. The first-order valence-corrected chi connectivity index (χ1v) is 8.81. The van der Waals surface area contributed by atoms with Crippen molar-refractivity contribution in [3.05, 3.63) is 42.4 Å². The number of pyridine rings is 2. The second-order valence-corrected chi connectivity index (χ2v) is 5.80. The van der Waals surface area contributed by atoms with Crippen LogP contribution in [0.15, 0.2) is 36.7 Å². The summed E-state index contributed by atoms with van der Waals surface area (Å²) < 4.78 is 16.0. The van der Waals surface area contributed by atoms with Crippen molar-refractivity contribution in [3.63, 3.8) is 0 Å². The number of fused-ring (bicyclic) bond motifs is 3. The zero-order chi connectivity index (χ0) is 16.9. The van der Waals surface area contributed by atoms with Crippen molar-refractivity contribution in [2.24, 2.45) is 0 Å². The molecule has 0 saturated heterocycles. The molecule has 3 aromatic heterocycles. The highest BCUT2D eigenvalue weighted by Gasteiger charge is 2.25. The summed E-state index contributed by atoms with van der Waals surface area (Å²) in [5.41, 5.74) is 4.08. The molecule has 0 amide bonds. The summed E-state index contributed by atoms with van der Waals surface area (Å²) in [6.45, 7) is 8.36. The first kappa shape index (κ1) is 16.9. The molecule has 128 valence electrons. The lowest BCUT2D eigenvalue weighted by Gasteiger charge is -2.16. The van der Waals surface area contributed by atoms with Gasteiger partial charge in [0.15, 0.2) is 11.7 Å². The molecule has 0 atom stereocenters. The number of nitrogens with zero attached hydrogens (tertiary/aromatic N) is 3. The molecule has 0 aromatic carbocycles. The third kappa shape index (κ3) is 3.28. The number of ether oxygens (including phenoxy) is 2. The van der Waals surface area contributed by atoms with Gasteiger partial charge in [-0.1, -0.05) is 19.4 Å². The van der Waals surface area contributed by atoms with Crippen LogP contribution in [-0.2, 0) is 16.0 Å². The Morgan fingerprint density at radius 2 is 1.96 bits per heavy atom. The Hall–Kier alpha value is -1.98. The Bertz CT molecular complexity index is 807. The summed E-state index contributed by atoms with van der Waals surface area (Å²) in [6, 6.07) is 8.21. The van der Waals surface area contributed by atoms with Crippen LogP contribution in [0.2, 0.25) is 0 Å². The summed E-state index contributed by atoms with van der Waals surface area (Å²) >= 11 is 0. The summed E-state index contributed by atoms with van der Waals surface area (Å²) in [5, 5.41) is 0. The number of aromatic nitrogens is 3. The van der Waals surface area contributed by atoms with Gasteiger partial charge in [-0.3, -0.25) is 4.40 Å². The molecule has 0 N–H and O–H groups in total. The zero-order valence-corrected chi connectivity index (χ0v) is 14.7. The molecule has 3 aromatic rings. The van der Waals surface area contributed by atoms with E-state index in [-0.39, 0.29) is 6.29 Å². The monoisotopic (exact) mass is 328 g/mol. The van der Waals surface area contributed by atoms with E-state index in [1.54, 1.807) is 0 Å². The molecule has 3 rings (SSSR count). The quantitative estimate of drug-likeness (QED) is 0.468. The van der Waals surface area contributed by atoms with Crippen LogP contribution >= 0.6 is 0 Å². The summed E-state index contributed by atoms with van der Waals surface area (Å²) in [6.07, 6.45) is 6.07. The number of imidazole rings is 1. The van der Waals surface area contributed by atoms with Crippen LogP contribution in [0, 0.1) is 0 Å². The molecule has 0 aliphatic carbocycles. The van der Waals surface area contributed by atoms with Crippen LogP contribution < -0.4 is 4.57 Å². The van der Waals surface area contributed by atoms with Crippen LogP contribution in [0.3, 0.4) is 0 Å². The van der Waals surface area contributed by atoms with Gasteiger partial charge < -0.3 is 9.47 Å². The fourth-order valence-electron chi connectivity index (χ4n) is 2.96. The highest BCUT2D eigenvalue weighted by molar-refractivity contribution is 5.79. The maximum Gasteiger partial charge on any atom is 0.245 e. The van der Waals surface area contributed by atoms with E-state index in [0.717, 1.165) is 41.8 Å². The van der Waals surface area contributed by atoms with E-state index in [0.29, 0.717) is 13.2 Å². The lowest BCUT2D eigenvalue weighted by Crippen LogP contribution is -2.40. The van der Waals surface area contributed by atoms with Crippen molar-refractivity contribution in [1.29, 1.82) is 0 Å². The van der Waals surface area contributed by atoms with Crippen molar-refractivity contribution < 1.29 is 14.0 Å². The van der Waals surface area contributed by atoms with Gasteiger partial charge in [0.2, 0.25) is 12.0 Å². The Kier molecular flexibility index (Phi) is 5.43. The average Bonchev–Trinajstić information content (AvgIpc) is 2.96. The maximum atomic E-state index is 5.85. The van der Waals surface area contributed by atoms with Crippen molar-refractivity contribution in [3.8, 4) is 0 Å². The standard InChI is InChI=1S/C19H26N3O2/c1-4-7-11-21-14-15-16(22-12-9-8-10-18(22)20-15)13-17(21)19(23-5-2)24-6-3/h8-10,12-14,19H,4-7,11H2,1-3H3/q+1. The van der Waals surface area contributed by atoms with Gasteiger partial charge in [-0.15, -0.1) is 0 Å². The van der Waals surface area contributed by atoms with Crippen LogP contribution in [0.5, 0.6) is 0 Å². The van der Waals surface area contributed by atoms with E-state index >= 15 is 0 Å². The third-order valence-electron chi connectivity index (χ3n) is 4.12. The maximum absolute atomic E-state index is 5.85. The number of hydrogen-bond donors (Lipinski definition) is 0. The minimum absolute atomic E-state index is 0.351. The molecular formula is C19H26N3O2+. The van der Waals surface area contributed by atoms with Gasteiger partial charge in [0.1, 0.15) is 12.2 Å². The highest BCUT2D eigenvalue weighted by Crippen LogP contribution is 2.22. The molecular weight excluding hydrogens is 302 g/mol. The third-order valence-corrected chi connectivity index (χ3v) is 4.12. The zero-order valence-electron chi connectivity index (χ0n) is 14.7. The molecule has 0 aliphatic heterocycles. The second-order valence-electron chi connectivity index (χ2n) is 5.80. The van der Waals surface area contributed by atoms with E-state index in [2.05, 4.69) is 28.2 Å². The van der Waals surface area contributed by atoms with Crippen molar-refractivity contribution >= 4 is 16.7 Å². The molecule has 5 nitrogen and oxygen atoms in total. The van der Waals surface area contributed by atoms with Crippen LogP contribution in [0.25, 0.3) is 16.7 Å². The van der Waals surface area contributed by atoms with Gasteiger partial charge in [-0.25, -0.2) is 4.98 Å². The summed E-state index contributed by atoms with van der Waals surface area (Å²) in [5.74, 6) is 0. The molecule has 0 saturated carbocycles. The number of unbranched alkanes of at least 4 members (excludes halogenated alkanes) is 1. The molecule has 0 fully saturated rings. The molecule has 0 aliphatic rings. The van der Waals surface area contributed by atoms with Gasteiger partial charge >= 0.3 is 0 Å². The normalized spacial score (nSPS) is 11.8. The molecule has 0 unspecified atom stereocenters. The Morgan fingerprint density at radius 1 is 1.17 bits per heavy atom. The topological polar surface area (TPSA) is 39.6 Å². The molecule has 5 heteroatoms. The molecule has 0 spiro atoms. The van der Waals surface area contributed by atoms with E-state index in [1.807, 2.05) is 38.2 Å². The van der Waals surface area contributed by atoms with Gasteiger partial charge in [-0.2, -0.15) is 4.57 Å². The molecule has 24 heavy (non-hydrogen) atoms. The SMILES string of the molecule is CCCC[n+]1cc2nc3ccccn3c2cc1C(OCC)OCC. The molecule has 0 radical (unpaired) electrons. The van der Waals surface area contributed by atoms with Crippen LogP contribution in [-0.4, -0.2) is 22.6 Å². The van der Waals surface area contributed by atoms with E-state index < -0.39 is 0 Å². The average molecular weight is 328 g/mol. The van der Waals surface area contributed by atoms with E-state index in [1.165, 1.54) is 0 Å². The van der Waals surface area contributed by atoms with Crippen molar-refractivity contribution in [2.45, 2.75) is 46.4 Å². The first-order chi connectivity index (χ1) is 11.8. The molecule has 0 bridgehead atoms. The fraction of sp³-hybridized carbons (Fsp3) is 0.474. The second kappa shape index (κ2) is 7.73. The van der Waals surface area contributed by atoms with Crippen molar-refractivity contribution in [1.82, 2.24) is 9.38 Å². The highest BCUT2D eigenvalue weighted by atomic mass is 16.7. The minimum atomic E-state index is -0.351. The molecule has 3 heterocycles. The Labute approximate surface area is 142 Å². The van der Waals surface area contributed by atoms with Crippen molar-refractivity contribution in [2.75, 3.05) is 13.2 Å². The van der Waals surface area contributed by atoms with Gasteiger partial charge in [-0.05, 0) is 26.0 Å². The number of rotatable bonds is 8. The van der Waals surface area contributed by atoms with E-state index in [9.17, 15) is 0 Å². The predicted octanol–water partition coefficient (Wildman–Crippen LogP) is 3.65. The van der Waals surface area contributed by atoms with E-state index in [4.69, 9.17) is 14.5 Å².